The van der Waals surface area contributed by atoms with E-state index in [1.165, 1.54) is 11.1 Å². The molecule has 1 spiro atoms. The SMILES string of the molecule is O[C@H]1[C@H](NCCc2cnccn2)c2ccccc2C12CCNCC2. The summed E-state index contributed by atoms with van der Waals surface area (Å²) in [6.07, 6.45) is 7.64. The van der Waals surface area contributed by atoms with Crippen LogP contribution in [0.3, 0.4) is 0 Å². The second-order valence-corrected chi connectivity index (χ2v) is 6.82. The van der Waals surface area contributed by atoms with E-state index in [9.17, 15) is 5.11 Å². The van der Waals surface area contributed by atoms with Crippen molar-refractivity contribution in [3.63, 3.8) is 0 Å². The van der Waals surface area contributed by atoms with Gasteiger partial charge in [0.2, 0.25) is 0 Å². The molecule has 24 heavy (non-hydrogen) atoms. The van der Waals surface area contributed by atoms with Crippen LogP contribution in [0.1, 0.15) is 35.7 Å². The average molecular weight is 324 g/mol. The molecule has 0 unspecified atom stereocenters. The van der Waals surface area contributed by atoms with Gasteiger partial charge >= 0.3 is 0 Å². The van der Waals surface area contributed by atoms with Gasteiger partial charge < -0.3 is 15.7 Å². The van der Waals surface area contributed by atoms with E-state index in [4.69, 9.17) is 0 Å². The van der Waals surface area contributed by atoms with E-state index in [1.54, 1.807) is 18.6 Å². The number of aliphatic hydroxyl groups is 1. The molecular formula is C19H24N4O. The van der Waals surface area contributed by atoms with E-state index < -0.39 is 0 Å². The summed E-state index contributed by atoms with van der Waals surface area (Å²) in [4.78, 5) is 8.42. The monoisotopic (exact) mass is 324 g/mol. The smallest absolute Gasteiger partial charge is 0.0832 e. The Kier molecular flexibility index (Phi) is 4.31. The van der Waals surface area contributed by atoms with Crippen molar-refractivity contribution in [3.05, 3.63) is 59.7 Å². The third-order valence-corrected chi connectivity index (χ3v) is 5.57. The van der Waals surface area contributed by atoms with Crippen molar-refractivity contribution >= 4 is 0 Å². The summed E-state index contributed by atoms with van der Waals surface area (Å²) in [5, 5.41) is 18.2. The maximum atomic E-state index is 11.2. The number of nitrogens with zero attached hydrogens (tertiary/aromatic N) is 2. The van der Waals surface area contributed by atoms with Crippen LogP contribution < -0.4 is 10.6 Å². The van der Waals surface area contributed by atoms with E-state index in [1.807, 2.05) is 0 Å². The molecular weight excluding hydrogens is 300 g/mol. The van der Waals surface area contributed by atoms with Gasteiger partial charge in [0.1, 0.15) is 0 Å². The molecule has 0 radical (unpaired) electrons. The summed E-state index contributed by atoms with van der Waals surface area (Å²) in [5.41, 5.74) is 3.45. The number of nitrogens with one attached hydrogen (secondary N) is 2. The predicted molar refractivity (Wildman–Crippen MR) is 92.7 cm³/mol. The van der Waals surface area contributed by atoms with Gasteiger partial charge in [-0.15, -0.1) is 0 Å². The Labute approximate surface area is 142 Å². The topological polar surface area (TPSA) is 70.1 Å². The van der Waals surface area contributed by atoms with Crippen molar-refractivity contribution in [2.45, 2.75) is 36.8 Å². The Bertz CT molecular complexity index is 685. The van der Waals surface area contributed by atoms with Gasteiger partial charge in [0.25, 0.3) is 0 Å². The normalized spacial score (nSPS) is 24.9. The highest BCUT2D eigenvalue weighted by atomic mass is 16.3. The van der Waals surface area contributed by atoms with Crippen molar-refractivity contribution in [1.82, 2.24) is 20.6 Å². The molecule has 1 aliphatic heterocycles. The number of aliphatic hydroxyl groups excluding tert-OH is 1. The lowest BCUT2D eigenvalue weighted by molar-refractivity contribution is 0.0445. The van der Waals surface area contributed by atoms with Crippen molar-refractivity contribution in [3.8, 4) is 0 Å². The highest BCUT2D eigenvalue weighted by Crippen LogP contribution is 2.49. The number of rotatable bonds is 4. The van der Waals surface area contributed by atoms with Crippen LogP contribution in [0.4, 0.5) is 0 Å². The maximum absolute atomic E-state index is 11.2. The number of hydrogen-bond acceptors (Lipinski definition) is 5. The number of benzene rings is 1. The average Bonchev–Trinajstić information content (AvgIpc) is 2.86. The lowest BCUT2D eigenvalue weighted by atomic mass is 9.72. The summed E-state index contributed by atoms with van der Waals surface area (Å²) in [5.74, 6) is 0. The first-order chi connectivity index (χ1) is 11.8. The highest BCUT2D eigenvalue weighted by Gasteiger charge is 2.51. The first-order valence-corrected chi connectivity index (χ1v) is 8.78. The molecule has 0 bridgehead atoms. The van der Waals surface area contributed by atoms with Crippen LogP contribution in [0, 0.1) is 0 Å². The molecule has 1 aliphatic carbocycles. The molecule has 2 heterocycles. The van der Waals surface area contributed by atoms with Crippen LogP contribution in [0.25, 0.3) is 0 Å². The minimum atomic E-state index is -0.376. The molecule has 1 fully saturated rings. The molecule has 0 saturated carbocycles. The van der Waals surface area contributed by atoms with Crippen LogP contribution in [0.2, 0.25) is 0 Å². The third-order valence-electron chi connectivity index (χ3n) is 5.57. The number of piperidine rings is 1. The quantitative estimate of drug-likeness (QED) is 0.792. The van der Waals surface area contributed by atoms with Crippen molar-refractivity contribution in [2.75, 3.05) is 19.6 Å². The summed E-state index contributed by atoms with van der Waals surface area (Å²) in [6.45, 7) is 2.72. The Morgan fingerprint density at radius 1 is 1.21 bits per heavy atom. The molecule has 3 N–H and O–H groups in total. The minimum absolute atomic E-state index is 0.00373. The molecule has 2 aromatic rings. The molecule has 5 nitrogen and oxygen atoms in total. The second kappa shape index (κ2) is 6.59. The van der Waals surface area contributed by atoms with E-state index in [-0.39, 0.29) is 17.6 Å². The van der Waals surface area contributed by atoms with Gasteiger partial charge in [0, 0.05) is 37.0 Å². The summed E-state index contributed by atoms with van der Waals surface area (Å²) < 4.78 is 0. The van der Waals surface area contributed by atoms with Crippen molar-refractivity contribution in [2.24, 2.45) is 0 Å². The first kappa shape index (κ1) is 15.7. The van der Waals surface area contributed by atoms with Gasteiger partial charge in [-0.1, -0.05) is 24.3 Å². The zero-order chi connectivity index (χ0) is 16.4. The van der Waals surface area contributed by atoms with E-state index >= 15 is 0 Å². The van der Waals surface area contributed by atoms with E-state index in [0.29, 0.717) is 0 Å². The fourth-order valence-electron chi connectivity index (χ4n) is 4.34. The van der Waals surface area contributed by atoms with Gasteiger partial charge in [-0.3, -0.25) is 9.97 Å². The Balaban J connectivity index is 1.53. The van der Waals surface area contributed by atoms with Crippen LogP contribution in [-0.2, 0) is 11.8 Å². The molecule has 1 aromatic heterocycles. The molecule has 2 atom stereocenters. The largest absolute Gasteiger partial charge is 0.390 e. The zero-order valence-corrected chi connectivity index (χ0v) is 13.8. The van der Waals surface area contributed by atoms with Gasteiger partial charge in [-0.05, 0) is 37.1 Å². The first-order valence-electron chi connectivity index (χ1n) is 8.78. The van der Waals surface area contributed by atoms with Gasteiger partial charge in [0.05, 0.1) is 17.8 Å². The Hall–Kier alpha value is -1.82. The van der Waals surface area contributed by atoms with Crippen molar-refractivity contribution < 1.29 is 5.11 Å². The third kappa shape index (κ3) is 2.62. The summed E-state index contributed by atoms with van der Waals surface area (Å²) in [7, 11) is 0. The van der Waals surface area contributed by atoms with Crippen LogP contribution in [0.15, 0.2) is 42.9 Å². The lowest BCUT2D eigenvalue weighted by Gasteiger charge is -2.39. The van der Waals surface area contributed by atoms with Gasteiger partial charge in [-0.2, -0.15) is 0 Å². The van der Waals surface area contributed by atoms with Gasteiger partial charge in [0.15, 0.2) is 0 Å². The summed E-state index contributed by atoms with van der Waals surface area (Å²) in [6, 6.07) is 8.53. The standard InChI is InChI=1S/C19H24N4O/c24-18-17(23-8-5-14-13-21-11-12-22-14)15-3-1-2-4-16(15)19(18)6-9-20-10-7-19/h1-4,11-13,17-18,20,23-24H,5-10H2/t17-,18+/m1/s1. The maximum Gasteiger partial charge on any atom is 0.0832 e. The lowest BCUT2D eigenvalue weighted by Crippen LogP contribution is -2.48. The predicted octanol–water partition coefficient (Wildman–Crippen LogP) is 1.35. The number of fused-ring (bicyclic) bond motifs is 2. The highest BCUT2D eigenvalue weighted by molar-refractivity contribution is 5.45. The van der Waals surface area contributed by atoms with Crippen molar-refractivity contribution in [1.29, 1.82) is 0 Å². The fraction of sp³-hybridized carbons (Fsp3) is 0.474. The molecule has 2 aliphatic rings. The van der Waals surface area contributed by atoms with Crippen LogP contribution >= 0.6 is 0 Å². The van der Waals surface area contributed by atoms with E-state index in [2.05, 4.69) is 44.9 Å². The molecule has 1 aromatic carbocycles. The Morgan fingerprint density at radius 3 is 2.83 bits per heavy atom. The molecule has 5 heteroatoms. The molecule has 4 rings (SSSR count). The van der Waals surface area contributed by atoms with E-state index in [0.717, 1.165) is 44.6 Å². The zero-order valence-electron chi connectivity index (χ0n) is 13.8. The number of aromatic nitrogens is 2. The molecule has 0 amide bonds. The molecule has 126 valence electrons. The number of hydrogen-bond donors (Lipinski definition) is 3. The summed E-state index contributed by atoms with van der Waals surface area (Å²) >= 11 is 0. The molecule has 1 saturated heterocycles. The fourth-order valence-corrected chi connectivity index (χ4v) is 4.34. The minimum Gasteiger partial charge on any atom is -0.390 e. The van der Waals surface area contributed by atoms with Gasteiger partial charge in [-0.25, -0.2) is 0 Å². The second-order valence-electron chi connectivity index (χ2n) is 6.82. The van der Waals surface area contributed by atoms with Crippen LogP contribution in [-0.4, -0.2) is 40.8 Å². The Morgan fingerprint density at radius 2 is 2.04 bits per heavy atom. The van der Waals surface area contributed by atoms with Crippen LogP contribution in [0.5, 0.6) is 0 Å².